The molecule has 36 heavy (non-hydrogen) atoms. The third kappa shape index (κ3) is 4.29. The highest BCUT2D eigenvalue weighted by atomic mass is 16.6. The molecule has 0 radical (unpaired) electrons. The maximum absolute atomic E-state index is 13.2. The van der Waals surface area contributed by atoms with Crippen molar-refractivity contribution in [3.63, 3.8) is 0 Å². The third-order valence-corrected chi connectivity index (χ3v) is 9.14. The van der Waals surface area contributed by atoms with E-state index < -0.39 is 12.1 Å². The summed E-state index contributed by atoms with van der Waals surface area (Å²) in [4.78, 5) is 28.1. The molecular formula is C29H39NO6. The second-order valence-electron chi connectivity index (χ2n) is 11.1. The standard InChI is InChI=1S/C29H39NO6/c1-18-15-21-22-7-5-13-30-14-6-8-23(29(22,30)17-18)28(27(21)35-19(2)31)36-26(32)12-10-20-9-11-24(33-3)25(16-20)34-4/h9-12,16,18,21-23,27-28H,5-8,13-15,17H2,1-4H3/t18-,21-,22-,23-,27+,28+,29-/m1/s1. The van der Waals surface area contributed by atoms with Crippen LogP contribution in [0.1, 0.15) is 57.9 Å². The van der Waals surface area contributed by atoms with Crippen molar-refractivity contribution >= 4 is 18.0 Å². The number of hydrogen-bond acceptors (Lipinski definition) is 7. The minimum Gasteiger partial charge on any atom is -0.493 e. The number of piperidine rings is 2. The van der Waals surface area contributed by atoms with Gasteiger partial charge in [0.05, 0.1) is 14.2 Å². The zero-order chi connectivity index (χ0) is 25.4. The van der Waals surface area contributed by atoms with Crippen LogP contribution in [0.15, 0.2) is 24.3 Å². The fraction of sp³-hybridized carbons (Fsp3) is 0.655. The Bertz CT molecular complexity index is 1020. The van der Waals surface area contributed by atoms with Gasteiger partial charge in [-0.3, -0.25) is 9.69 Å². The highest BCUT2D eigenvalue weighted by Gasteiger charge is 2.67. The molecular weight excluding hydrogens is 458 g/mol. The first-order chi connectivity index (χ1) is 17.4. The van der Waals surface area contributed by atoms with Crippen molar-refractivity contribution in [2.75, 3.05) is 27.3 Å². The van der Waals surface area contributed by atoms with Gasteiger partial charge in [-0.05, 0) is 87.2 Å². The van der Waals surface area contributed by atoms with Gasteiger partial charge in [0.1, 0.15) is 12.2 Å². The van der Waals surface area contributed by atoms with E-state index in [1.165, 1.54) is 25.8 Å². The number of nitrogens with zero attached hydrogens (tertiary/aromatic N) is 1. The third-order valence-electron chi connectivity index (χ3n) is 9.14. The van der Waals surface area contributed by atoms with Crippen molar-refractivity contribution < 1.29 is 28.5 Å². The van der Waals surface area contributed by atoms with Gasteiger partial charge in [0.2, 0.25) is 0 Å². The van der Waals surface area contributed by atoms with Crippen LogP contribution in [0.5, 0.6) is 11.5 Å². The lowest BCUT2D eigenvalue weighted by Gasteiger charge is -2.68. The summed E-state index contributed by atoms with van der Waals surface area (Å²) in [5.41, 5.74) is 0.860. The summed E-state index contributed by atoms with van der Waals surface area (Å²) >= 11 is 0. The molecule has 2 aliphatic carbocycles. The lowest BCUT2D eigenvalue weighted by atomic mass is 9.47. The van der Waals surface area contributed by atoms with E-state index in [0.29, 0.717) is 23.3 Å². The van der Waals surface area contributed by atoms with E-state index in [1.54, 1.807) is 20.3 Å². The second kappa shape index (κ2) is 10.1. The molecule has 4 aliphatic rings. The van der Waals surface area contributed by atoms with Gasteiger partial charge in [-0.15, -0.1) is 0 Å². The molecule has 2 heterocycles. The summed E-state index contributed by atoms with van der Waals surface area (Å²) in [5, 5.41) is 0. The summed E-state index contributed by atoms with van der Waals surface area (Å²) in [6.45, 7) is 6.03. The zero-order valence-corrected chi connectivity index (χ0v) is 21.9. The molecule has 7 nitrogen and oxygen atoms in total. The number of hydrogen-bond donors (Lipinski definition) is 0. The quantitative estimate of drug-likeness (QED) is 0.424. The van der Waals surface area contributed by atoms with Gasteiger partial charge in [0.15, 0.2) is 11.5 Å². The van der Waals surface area contributed by atoms with Crippen LogP contribution in [0.4, 0.5) is 0 Å². The van der Waals surface area contributed by atoms with Gasteiger partial charge in [0.25, 0.3) is 0 Å². The maximum atomic E-state index is 13.2. The smallest absolute Gasteiger partial charge is 0.331 e. The number of rotatable bonds is 6. The fourth-order valence-corrected chi connectivity index (χ4v) is 8.14. The summed E-state index contributed by atoms with van der Waals surface area (Å²) in [6.07, 6.45) is 8.98. The number of ether oxygens (including phenoxy) is 4. The van der Waals surface area contributed by atoms with Crippen LogP contribution in [0, 0.1) is 23.7 Å². The topological polar surface area (TPSA) is 74.3 Å². The van der Waals surface area contributed by atoms with Crippen molar-refractivity contribution in [3.8, 4) is 11.5 Å². The molecule has 1 aromatic rings. The maximum Gasteiger partial charge on any atom is 0.331 e. The first-order valence-electron chi connectivity index (χ1n) is 13.4. The molecule has 1 aromatic carbocycles. The predicted octanol–water partition coefficient (Wildman–Crippen LogP) is 4.48. The Morgan fingerprint density at radius 3 is 2.42 bits per heavy atom. The van der Waals surface area contributed by atoms with Crippen LogP contribution in [0.25, 0.3) is 6.08 Å². The Balaban J connectivity index is 1.43. The van der Waals surface area contributed by atoms with Crippen molar-refractivity contribution in [2.45, 2.75) is 70.1 Å². The van der Waals surface area contributed by atoms with E-state index in [2.05, 4.69) is 11.8 Å². The molecule has 0 N–H and O–H groups in total. The Kier molecular flexibility index (Phi) is 7.03. The van der Waals surface area contributed by atoms with E-state index in [0.717, 1.165) is 44.3 Å². The Labute approximate surface area is 214 Å². The highest BCUT2D eigenvalue weighted by molar-refractivity contribution is 5.87. The minimum atomic E-state index is -0.425. The lowest BCUT2D eigenvalue weighted by molar-refractivity contribution is -0.247. The van der Waals surface area contributed by atoms with Crippen LogP contribution >= 0.6 is 0 Å². The van der Waals surface area contributed by atoms with Crippen molar-refractivity contribution in [3.05, 3.63) is 29.8 Å². The van der Waals surface area contributed by atoms with Gasteiger partial charge >= 0.3 is 11.9 Å². The molecule has 196 valence electrons. The molecule has 2 saturated heterocycles. The molecule has 0 unspecified atom stereocenters. The number of carbonyl (C=O) groups is 2. The zero-order valence-electron chi connectivity index (χ0n) is 21.9. The van der Waals surface area contributed by atoms with Crippen LogP contribution in [-0.2, 0) is 19.1 Å². The normalized spacial score (nSPS) is 35.6. The molecule has 2 bridgehead atoms. The van der Waals surface area contributed by atoms with E-state index in [1.807, 2.05) is 18.2 Å². The summed E-state index contributed by atoms with van der Waals surface area (Å²) in [7, 11) is 3.17. The first-order valence-corrected chi connectivity index (χ1v) is 13.4. The van der Waals surface area contributed by atoms with Crippen molar-refractivity contribution in [1.29, 1.82) is 0 Å². The van der Waals surface area contributed by atoms with E-state index in [4.69, 9.17) is 18.9 Å². The highest BCUT2D eigenvalue weighted by Crippen LogP contribution is 2.61. The van der Waals surface area contributed by atoms with Crippen LogP contribution in [0.3, 0.4) is 0 Å². The second-order valence-corrected chi connectivity index (χ2v) is 11.1. The van der Waals surface area contributed by atoms with Crippen molar-refractivity contribution in [2.24, 2.45) is 23.7 Å². The van der Waals surface area contributed by atoms with Gasteiger partial charge < -0.3 is 18.9 Å². The fourth-order valence-electron chi connectivity index (χ4n) is 8.14. The molecule has 0 aromatic heterocycles. The summed E-state index contributed by atoms with van der Waals surface area (Å²) in [6, 6.07) is 5.49. The summed E-state index contributed by atoms with van der Waals surface area (Å²) < 4.78 is 22.9. The van der Waals surface area contributed by atoms with E-state index in [-0.39, 0.29) is 29.4 Å². The predicted molar refractivity (Wildman–Crippen MR) is 136 cm³/mol. The summed E-state index contributed by atoms with van der Waals surface area (Å²) in [5.74, 6) is 1.99. The van der Waals surface area contributed by atoms with Gasteiger partial charge in [-0.25, -0.2) is 4.79 Å². The average Bonchev–Trinajstić information content (AvgIpc) is 2.86. The Morgan fingerprint density at radius 1 is 1.00 bits per heavy atom. The monoisotopic (exact) mass is 497 g/mol. The Morgan fingerprint density at radius 2 is 1.72 bits per heavy atom. The molecule has 2 aliphatic heterocycles. The SMILES string of the molecule is COc1ccc(C=CC(=O)O[C@@H]2[C@@H](OC(C)=O)[C@@H]3C[C@@H](C)C[C@]45[C@@H]3CCCN4CCC[C@H]25)cc1OC. The van der Waals surface area contributed by atoms with Gasteiger partial charge in [-0.1, -0.05) is 13.0 Å². The molecule has 7 heteroatoms. The number of carbonyl (C=O) groups excluding carboxylic acids is 2. The molecule has 7 atom stereocenters. The number of esters is 2. The molecule has 0 amide bonds. The molecule has 2 saturated carbocycles. The van der Waals surface area contributed by atoms with Crippen LogP contribution < -0.4 is 9.47 Å². The first kappa shape index (κ1) is 25.1. The molecule has 4 fully saturated rings. The van der Waals surface area contributed by atoms with Gasteiger partial charge in [-0.2, -0.15) is 0 Å². The van der Waals surface area contributed by atoms with E-state index in [9.17, 15) is 9.59 Å². The average molecular weight is 498 g/mol. The Hall–Kier alpha value is -2.54. The van der Waals surface area contributed by atoms with Crippen LogP contribution in [0.2, 0.25) is 0 Å². The lowest BCUT2D eigenvalue weighted by Crippen LogP contribution is -2.75. The van der Waals surface area contributed by atoms with E-state index >= 15 is 0 Å². The molecule has 5 rings (SSSR count). The van der Waals surface area contributed by atoms with Crippen LogP contribution in [-0.4, -0.2) is 61.9 Å². The molecule has 1 spiro atoms. The number of benzene rings is 1. The minimum absolute atomic E-state index is 0.0491. The van der Waals surface area contributed by atoms with Gasteiger partial charge in [0, 0.05) is 30.4 Å². The van der Waals surface area contributed by atoms with Crippen molar-refractivity contribution in [1.82, 2.24) is 4.90 Å². The number of methoxy groups -OCH3 is 2. The largest absolute Gasteiger partial charge is 0.493 e.